The molecule has 7 heteroatoms. The number of anilines is 1. The van der Waals surface area contributed by atoms with E-state index >= 15 is 0 Å². The van der Waals surface area contributed by atoms with E-state index in [1.54, 1.807) is 0 Å². The van der Waals surface area contributed by atoms with Gasteiger partial charge in [0.15, 0.2) is 5.96 Å². The number of rotatable bonds is 8. The van der Waals surface area contributed by atoms with Gasteiger partial charge in [0.05, 0.1) is 0 Å². The predicted octanol–water partition coefficient (Wildman–Crippen LogP) is 3.40. The van der Waals surface area contributed by atoms with E-state index in [0.717, 1.165) is 50.4 Å². The van der Waals surface area contributed by atoms with E-state index in [9.17, 15) is 4.79 Å². The summed E-state index contributed by atoms with van der Waals surface area (Å²) in [4.78, 5) is 21.5. The summed E-state index contributed by atoms with van der Waals surface area (Å²) in [6.07, 6.45) is 7.23. The topological polar surface area (TPSA) is 60.0 Å². The number of hydrogen-bond acceptors (Lipinski definition) is 3. The van der Waals surface area contributed by atoms with Gasteiger partial charge in [-0.15, -0.1) is 24.0 Å². The molecule has 1 aromatic rings. The maximum absolute atomic E-state index is 12.6. The third kappa shape index (κ3) is 7.11. The number of halogens is 1. The van der Waals surface area contributed by atoms with E-state index in [0.29, 0.717) is 12.5 Å². The summed E-state index contributed by atoms with van der Waals surface area (Å²) < 4.78 is 0. The molecule has 2 aliphatic heterocycles. The lowest BCUT2D eigenvalue weighted by Gasteiger charge is -2.33. The van der Waals surface area contributed by atoms with Crippen LogP contribution in [0.15, 0.2) is 29.3 Å². The highest BCUT2D eigenvalue weighted by Gasteiger charge is 2.23. The highest BCUT2D eigenvalue weighted by molar-refractivity contribution is 14.0. The van der Waals surface area contributed by atoms with Crippen molar-refractivity contribution in [3.63, 3.8) is 0 Å². The number of fused-ring (bicyclic) bond motifs is 1. The lowest BCUT2D eigenvalue weighted by atomic mass is 10.0. The zero-order valence-electron chi connectivity index (χ0n) is 18.5. The van der Waals surface area contributed by atoms with Gasteiger partial charge < -0.3 is 20.4 Å². The van der Waals surface area contributed by atoms with E-state index in [-0.39, 0.29) is 29.9 Å². The highest BCUT2D eigenvalue weighted by atomic mass is 127. The van der Waals surface area contributed by atoms with Crippen LogP contribution in [0.25, 0.3) is 0 Å². The third-order valence-corrected chi connectivity index (χ3v) is 6.03. The van der Waals surface area contributed by atoms with E-state index in [2.05, 4.69) is 39.6 Å². The Hall–Kier alpha value is -1.35. The van der Waals surface area contributed by atoms with Crippen LogP contribution in [0.2, 0.25) is 0 Å². The number of nitrogens with one attached hydrogen (secondary N) is 2. The standard InChI is InChI=1S/C23H37N5O.HI/c1-3-4-15-27-16-12-20(13-17-27)26-23(24-2)25-14-7-10-22(29)28-18-11-19-8-5-6-9-21(19)28;/h5-6,8-9,20H,3-4,7,10-18H2,1-2H3,(H2,24,25,26);1H. The molecule has 0 atom stereocenters. The number of aliphatic imine (C=N–C) groups is 1. The molecule has 1 aromatic carbocycles. The summed E-state index contributed by atoms with van der Waals surface area (Å²) >= 11 is 0. The first-order chi connectivity index (χ1) is 14.2. The van der Waals surface area contributed by atoms with Crippen LogP contribution in [0, 0.1) is 0 Å². The molecule has 0 aliphatic carbocycles. The number of carbonyl (C=O) groups excluding carboxylic acids is 1. The molecule has 30 heavy (non-hydrogen) atoms. The van der Waals surface area contributed by atoms with Crippen LogP contribution < -0.4 is 15.5 Å². The Morgan fingerprint density at radius 1 is 1.17 bits per heavy atom. The Balaban J connectivity index is 0.00000320. The minimum absolute atomic E-state index is 0. The zero-order valence-corrected chi connectivity index (χ0v) is 20.9. The predicted molar refractivity (Wildman–Crippen MR) is 136 cm³/mol. The second-order valence-corrected chi connectivity index (χ2v) is 8.14. The molecule has 0 unspecified atom stereocenters. The molecule has 0 radical (unpaired) electrons. The Labute approximate surface area is 198 Å². The van der Waals surface area contributed by atoms with Gasteiger partial charge in [-0.25, -0.2) is 0 Å². The van der Waals surface area contributed by atoms with Crippen LogP contribution in [0.1, 0.15) is 51.0 Å². The summed E-state index contributed by atoms with van der Waals surface area (Å²) in [6, 6.07) is 8.72. The monoisotopic (exact) mass is 527 g/mol. The summed E-state index contributed by atoms with van der Waals surface area (Å²) in [6.45, 7) is 7.39. The minimum atomic E-state index is 0. The quantitative estimate of drug-likeness (QED) is 0.236. The lowest BCUT2D eigenvalue weighted by Crippen LogP contribution is -2.49. The summed E-state index contributed by atoms with van der Waals surface area (Å²) in [5.74, 6) is 1.08. The number of amides is 1. The van der Waals surface area contributed by atoms with Crippen molar-refractivity contribution in [2.75, 3.05) is 44.7 Å². The van der Waals surface area contributed by atoms with Crippen molar-refractivity contribution in [3.05, 3.63) is 29.8 Å². The maximum atomic E-state index is 12.6. The van der Waals surface area contributed by atoms with Gasteiger partial charge in [0, 0.05) is 51.4 Å². The summed E-state index contributed by atoms with van der Waals surface area (Å²) in [5, 5.41) is 6.94. The van der Waals surface area contributed by atoms with Gasteiger partial charge in [-0.05, 0) is 50.3 Å². The average molecular weight is 527 g/mol. The molecular weight excluding hydrogens is 489 g/mol. The number of carbonyl (C=O) groups is 1. The highest BCUT2D eigenvalue weighted by Crippen LogP contribution is 2.27. The zero-order chi connectivity index (χ0) is 20.5. The van der Waals surface area contributed by atoms with Crippen LogP contribution in [-0.2, 0) is 11.2 Å². The van der Waals surface area contributed by atoms with Crippen LogP contribution >= 0.6 is 24.0 Å². The second-order valence-electron chi connectivity index (χ2n) is 8.14. The molecule has 0 aromatic heterocycles. The number of likely N-dealkylation sites (tertiary alicyclic amines) is 1. The molecule has 0 saturated carbocycles. The molecule has 1 fully saturated rings. The number of hydrogen-bond donors (Lipinski definition) is 2. The molecule has 168 valence electrons. The molecule has 2 aliphatic rings. The van der Waals surface area contributed by atoms with E-state index in [4.69, 9.17) is 0 Å². The fourth-order valence-corrected chi connectivity index (χ4v) is 4.25. The normalized spacial score (nSPS) is 17.4. The van der Waals surface area contributed by atoms with E-state index in [1.165, 1.54) is 38.0 Å². The van der Waals surface area contributed by atoms with Crippen LogP contribution in [0.4, 0.5) is 5.69 Å². The molecule has 2 heterocycles. The molecular formula is C23H38IN5O. The van der Waals surface area contributed by atoms with Crippen molar-refractivity contribution in [1.82, 2.24) is 15.5 Å². The van der Waals surface area contributed by atoms with Gasteiger partial charge in [-0.1, -0.05) is 31.5 Å². The third-order valence-electron chi connectivity index (χ3n) is 6.03. The Kier molecular flexibility index (Phi) is 10.9. The number of guanidine groups is 1. The van der Waals surface area contributed by atoms with Crippen molar-refractivity contribution in [1.29, 1.82) is 0 Å². The fraction of sp³-hybridized carbons (Fsp3) is 0.652. The smallest absolute Gasteiger partial charge is 0.227 e. The first-order valence-electron chi connectivity index (χ1n) is 11.3. The largest absolute Gasteiger partial charge is 0.356 e. The molecule has 6 nitrogen and oxygen atoms in total. The van der Waals surface area contributed by atoms with Gasteiger partial charge in [0.2, 0.25) is 5.91 Å². The number of nitrogens with zero attached hydrogens (tertiary/aromatic N) is 3. The number of piperidine rings is 1. The van der Waals surface area contributed by atoms with Gasteiger partial charge in [-0.3, -0.25) is 9.79 Å². The molecule has 0 bridgehead atoms. The molecule has 0 spiro atoms. The van der Waals surface area contributed by atoms with Crippen LogP contribution in [0.3, 0.4) is 0 Å². The molecule has 1 amide bonds. The average Bonchev–Trinajstić information content (AvgIpc) is 3.19. The van der Waals surface area contributed by atoms with Crippen molar-refractivity contribution in [2.45, 2.75) is 57.9 Å². The number of benzene rings is 1. The second kappa shape index (κ2) is 13.1. The van der Waals surface area contributed by atoms with Crippen LogP contribution in [-0.4, -0.2) is 62.6 Å². The summed E-state index contributed by atoms with van der Waals surface area (Å²) in [5.41, 5.74) is 2.37. The lowest BCUT2D eigenvalue weighted by molar-refractivity contribution is -0.118. The van der Waals surface area contributed by atoms with Crippen molar-refractivity contribution in [2.24, 2.45) is 4.99 Å². The number of unbranched alkanes of at least 4 members (excludes halogenated alkanes) is 1. The number of para-hydroxylation sites is 1. The maximum Gasteiger partial charge on any atom is 0.227 e. The SMILES string of the molecule is CCCCN1CCC(NC(=NC)NCCCC(=O)N2CCc3ccccc32)CC1.I. The van der Waals surface area contributed by atoms with E-state index < -0.39 is 0 Å². The Morgan fingerprint density at radius 2 is 1.93 bits per heavy atom. The molecule has 1 saturated heterocycles. The molecule has 3 rings (SSSR count). The van der Waals surface area contributed by atoms with Gasteiger partial charge in [0.25, 0.3) is 0 Å². The van der Waals surface area contributed by atoms with Gasteiger partial charge in [-0.2, -0.15) is 0 Å². The first kappa shape index (κ1) is 24.9. The Morgan fingerprint density at radius 3 is 2.67 bits per heavy atom. The van der Waals surface area contributed by atoms with E-state index in [1.807, 2.05) is 24.1 Å². The van der Waals surface area contributed by atoms with Gasteiger partial charge in [0.1, 0.15) is 0 Å². The van der Waals surface area contributed by atoms with Crippen molar-refractivity contribution in [3.8, 4) is 0 Å². The van der Waals surface area contributed by atoms with Crippen molar-refractivity contribution >= 4 is 41.5 Å². The Bertz CT molecular complexity index is 688. The van der Waals surface area contributed by atoms with Crippen LogP contribution in [0.5, 0.6) is 0 Å². The van der Waals surface area contributed by atoms with Gasteiger partial charge >= 0.3 is 0 Å². The minimum Gasteiger partial charge on any atom is -0.356 e. The first-order valence-corrected chi connectivity index (χ1v) is 11.3. The fourth-order valence-electron chi connectivity index (χ4n) is 4.25. The molecule has 2 N–H and O–H groups in total. The van der Waals surface area contributed by atoms with Crippen molar-refractivity contribution < 1.29 is 4.79 Å². The summed E-state index contributed by atoms with van der Waals surface area (Å²) in [7, 11) is 1.82.